The smallest absolute Gasteiger partial charge is 0.277 e. The zero-order valence-corrected chi connectivity index (χ0v) is 12.2. The van der Waals surface area contributed by atoms with E-state index in [2.05, 4.69) is 0 Å². The van der Waals surface area contributed by atoms with E-state index in [9.17, 15) is 22.0 Å². The first-order valence-corrected chi connectivity index (χ1v) is 7.73. The first-order valence-electron chi connectivity index (χ1n) is 6.23. The van der Waals surface area contributed by atoms with Gasteiger partial charge in [-0.25, -0.2) is 13.9 Å². The number of carbonyl (C=O) groups excluding carboxylic acids is 1. The molecule has 1 aliphatic heterocycles. The summed E-state index contributed by atoms with van der Waals surface area (Å²) in [5.74, 6) is -2.25. The molecule has 0 radical (unpaired) electrons. The maximum absolute atomic E-state index is 13.7. The number of rotatable bonds is 2. The highest BCUT2D eigenvalue weighted by Crippen LogP contribution is 2.17. The van der Waals surface area contributed by atoms with Gasteiger partial charge in [-0.15, -0.1) is 0 Å². The van der Waals surface area contributed by atoms with Crippen molar-refractivity contribution in [3.05, 3.63) is 34.9 Å². The third kappa shape index (κ3) is 3.36. The highest BCUT2D eigenvalue weighted by Gasteiger charge is 2.28. The van der Waals surface area contributed by atoms with Gasteiger partial charge < -0.3 is 4.90 Å². The highest BCUT2D eigenvalue weighted by atomic mass is 32.2. The predicted octanol–water partition coefficient (Wildman–Crippen LogP) is 0.235. The normalized spacial score (nSPS) is 17.0. The van der Waals surface area contributed by atoms with Gasteiger partial charge in [0.25, 0.3) is 16.1 Å². The molecule has 1 fully saturated rings. The van der Waals surface area contributed by atoms with Crippen molar-refractivity contribution in [3.63, 3.8) is 0 Å². The van der Waals surface area contributed by atoms with E-state index in [0.717, 1.165) is 10.4 Å². The molecule has 1 aromatic rings. The van der Waals surface area contributed by atoms with E-state index in [1.165, 1.54) is 11.8 Å². The number of hydrogen-bond donors (Lipinski definition) is 1. The first-order chi connectivity index (χ1) is 9.70. The number of benzene rings is 1. The molecule has 2 N–H and O–H groups in total. The van der Waals surface area contributed by atoms with Gasteiger partial charge in [-0.1, -0.05) is 0 Å². The van der Waals surface area contributed by atoms with Crippen molar-refractivity contribution in [1.29, 1.82) is 0 Å². The minimum atomic E-state index is -3.79. The molecule has 9 heteroatoms. The Bertz CT molecular complexity index is 671. The Morgan fingerprint density at radius 1 is 1.14 bits per heavy atom. The Hall–Kier alpha value is -1.58. The number of halogens is 2. The third-order valence-electron chi connectivity index (χ3n) is 3.36. The summed E-state index contributed by atoms with van der Waals surface area (Å²) < 4.78 is 50.3. The Kier molecular flexibility index (Phi) is 4.26. The van der Waals surface area contributed by atoms with Crippen LogP contribution in [0.25, 0.3) is 0 Å². The van der Waals surface area contributed by atoms with Gasteiger partial charge in [0.1, 0.15) is 11.6 Å². The van der Waals surface area contributed by atoms with Crippen molar-refractivity contribution < 1.29 is 22.0 Å². The summed E-state index contributed by atoms with van der Waals surface area (Å²) in [6, 6.07) is 1.82. The minimum absolute atomic E-state index is 0.0480. The molecule has 0 aliphatic carbocycles. The molecule has 2 rings (SSSR count). The number of piperazine rings is 1. The zero-order chi connectivity index (χ0) is 15.8. The Labute approximate surface area is 121 Å². The second-order valence-corrected chi connectivity index (χ2v) is 6.36. The molecule has 0 atom stereocenters. The van der Waals surface area contributed by atoms with Gasteiger partial charge in [-0.3, -0.25) is 4.79 Å². The number of nitrogens with zero attached hydrogens (tertiary/aromatic N) is 2. The predicted molar refractivity (Wildman–Crippen MR) is 71.7 cm³/mol. The molecule has 0 unspecified atom stereocenters. The van der Waals surface area contributed by atoms with Crippen molar-refractivity contribution >= 4 is 16.1 Å². The second kappa shape index (κ2) is 5.66. The monoisotopic (exact) mass is 319 g/mol. The van der Waals surface area contributed by atoms with Crippen LogP contribution in [-0.4, -0.2) is 49.7 Å². The number of amides is 1. The molecule has 6 nitrogen and oxygen atoms in total. The lowest BCUT2D eigenvalue weighted by atomic mass is 10.1. The van der Waals surface area contributed by atoms with Gasteiger partial charge in [-0.05, 0) is 18.6 Å². The molecule has 1 heterocycles. The summed E-state index contributed by atoms with van der Waals surface area (Å²) in [5.41, 5.74) is -0.0547. The van der Waals surface area contributed by atoms with Crippen LogP contribution >= 0.6 is 0 Å². The second-order valence-electron chi connectivity index (χ2n) is 4.82. The summed E-state index contributed by atoms with van der Waals surface area (Å²) in [5, 5.41) is 5.00. The van der Waals surface area contributed by atoms with E-state index in [1.807, 2.05) is 0 Å². The van der Waals surface area contributed by atoms with E-state index in [-0.39, 0.29) is 37.3 Å². The Morgan fingerprint density at radius 3 is 2.24 bits per heavy atom. The molecule has 0 aromatic heterocycles. The molecule has 1 amide bonds. The van der Waals surface area contributed by atoms with Crippen LogP contribution in [-0.2, 0) is 10.2 Å². The summed E-state index contributed by atoms with van der Waals surface area (Å²) in [6.45, 7) is 1.74. The Balaban J connectivity index is 2.14. The average molecular weight is 319 g/mol. The van der Waals surface area contributed by atoms with Crippen molar-refractivity contribution in [3.8, 4) is 0 Å². The molecule has 1 aromatic carbocycles. The first kappa shape index (κ1) is 15.8. The largest absolute Gasteiger partial charge is 0.336 e. The van der Waals surface area contributed by atoms with Gasteiger partial charge in [0.05, 0.1) is 5.56 Å². The number of carbonyl (C=O) groups is 1. The summed E-state index contributed by atoms with van der Waals surface area (Å²) in [4.78, 5) is 13.5. The number of nitrogens with two attached hydrogens (primary N) is 1. The number of hydrogen-bond acceptors (Lipinski definition) is 3. The fourth-order valence-electron chi connectivity index (χ4n) is 2.14. The van der Waals surface area contributed by atoms with Gasteiger partial charge in [0, 0.05) is 32.2 Å². The maximum Gasteiger partial charge on any atom is 0.277 e. The zero-order valence-electron chi connectivity index (χ0n) is 11.3. The van der Waals surface area contributed by atoms with Crippen molar-refractivity contribution in [1.82, 2.24) is 9.21 Å². The van der Waals surface area contributed by atoms with Crippen LogP contribution < -0.4 is 5.14 Å². The van der Waals surface area contributed by atoms with Crippen molar-refractivity contribution in [2.24, 2.45) is 5.14 Å². The molecule has 1 saturated heterocycles. The number of aryl methyl sites for hydroxylation is 1. The van der Waals surface area contributed by atoms with Crippen LogP contribution in [0, 0.1) is 18.6 Å². The standard InChI is InChI=1S/C12H15F2N3O3S/c1-8-6-9(11(14)7-10(8)13)12(18)16-2-4-17(5-3-16)21(15,19)20/h6-7H,2-5H2,1H3,(H2,15,19,20). The lowest BCUT2D eigenvalue weighted by molar-refractivity contribution is 0.0693. The van der Waals surface area contributed by atoms with E-state index in [0.29, 0.717) is 6.07 Å². The topological polar surface area (TPSA) is 83.7 Å². The average Bonchev–Trinajstić information content (AvgIpc) is 2.41. The molecule has 0 saturated carbocycles. The highest BCUT2D eigenvalue weighted by molar-refractivity contribution is 7.86. The maximum atomic E-state index is 13.7. The van der Waals surface area contributed by atoms with E-state index < -0.39 is 27.8 Å². The molecule has 1 aliphatic rings. The van der Waals surface area contributed by atoms with Crippen LogP contribution in [0.15, 0.2) is 12.1 Å². The summed E-state index contributed by atoms with van der Waals surface area (Å²) in [7, 11) is -3.79. The quantitative estimate of drug-likeness (QED) is 0.847. The summed E-state index contributed by atoms with van der Waals surface area (Å²) >= 11 is 0. The van der Waals surface area contributed by atoms with Gasteiger partial charge >= 0.3 is 0 Å². The summed E-state index contributed by atoms with van der Waals surface area (Å²) in [6.07, 6.45) is 0. The lowest BCUT2D eigenvalue weighted by Crippen LogP contribution is -2.52. The van der Waals surface area contributed by atoms with E-state index in [1.54, 1.807) is 0 Å². The van der Waals surface area contributed by atoms with Crippen molar-refractivity contribution in [2.45, 2.75) is 6.92 Å². The van der Waals surface area contributed by atoms with Crippen LogP contribution in [0.4, 0.5) is 8.78 Å². The fourth-order valence-corrected chi connectivity index (χ4v) is 2.81. The molecule has 0 bridgehead atoms. The van der Waals surface area contributed by atoms with Crippen LogP contribution in [0.1, 0.15) is 15.9 Å². The molecular formula is C12H15F2N3O3S. The molecule has 0 spiro atoms. The molecular weight excluding hydrogens is 304 g/mol. The minimum Gasteiger partial charge on any atom is -0.336 e. The SMILES string of the molecule is Cc1cc(C(=O)N2CCN(S(N)(=O)=O)CC2)c(F)cc1F. The van der Waals surface area contributed by atoms with Crippen molar-refractivity contribution in [2.75, 3.05) is 26.2 Å². The molecule has 21 heavy (non-hydrogen) atoms. The van der Waals surface area contributed by atoms with E-state index >= 15 is 0 Å². The van der Waals surface area contributed by atoms with E-state index in [4.69, 9.17) is 5.14 Å². The Morgan fingerprint density at radius 2 is 1.71 bits per heavy atom. The fraction of sp³-hybridized carbons (Fsp3) is 0.417. The third-order valence-corrected chi connectivity index (χ3v) is 4.45. The lowest BCUT2D eigenvalue weighted by Gasteiger charge is -2.33. The van der Waals surface area contributed by atoms with Crippen LogP contribution in [0.2, 0.25) is 0 Å². The van der Waals surface area contributed by atoms with Crippen LogP contribution in [0.3, 0.4) is 0 Å². The van der Waals surface area contributed by atoms with Crippen LogP contribution in [0.5, 0.6) is 0 Å². The van der Waals surface area contributed by atoms with Gasteiger partial charge in [-0.2, -0.15) is 12.7 Å². The molecule has 116 valence electrons. The van der Waals surface area contributed by atoms with Gasteiger partial charge in [0.2, 0.25) is 0 Å². The van der Waals surface area contributed by atoms with Gasteiger partial charge in [0.15, 0.2) is 0 Å².